The number of thiocarbonyl (C=S) groups is 1. The minimum Gasteiger partial charge on any atom is -0.481 e. The van der Waals surface area contributed by atoms with Crippen molar-refractivity contribution in [2.75, 3.05) is 5.32 Å². The normalized spacial score (nSPS) is 11.5. The van der Waals surface area contributed by atoms with Gasteiger partial charge >= 0.3 is 0 Å². The second-order valence-electron chi connectivity index (χ2n) is 6.83. The minimum absolute atomic E-state index is 0.105. The zero-order valence-corrected chi connectivity index (χ0v) is 15.7. The summed E-state index contributed by atoms with van der Waals surface area (Å²) in [6.07, 6.45) is 0.599. The molecule has 0 heterocycles. The van der Waals surface area contributed by atoms with Crippen molar-refractivity contribution in [1.29, 1.82) is 0 Å². The van der Waals surface area contributed by atoms with Crippen molar-refractivity contribution in [3.05, 3.63) is 28.5 Å². The Labute approximate surface area is 147 Å². The first kappa shape index (κ1) is 19.8. The smallest absolute Gasteiger partial charge is 0.224 e. The average Bonchev–Trinajstić information content (AvgIpc) is 2.31. The van der Waals surface area contributed by atoms with Crippen LogP contribution in [-0.4, -0.2) is 16.6 Å². The maximum absolute atomic E-state index is 14.0. The maximum Gasteiger partial charge on any atom is 0.224 e. The Morgan fingerprint density at radius 2 is 2.00 bits per heavy atom. The summed E-state index contributed by atoms with van der Waals surface area (Å²) in [5, 5.41) is 3.19. The Kier molecular flexibility index (Phi) is 6.96. The lowest BCUT2D eigenvalue weighted by Gasteiger charge is -2.22. The molecule has 0 fully saturated rings. The molecule has 0 spiro atoms. The molecule has 0 aliphatic heterocycles. The zero-order valence-electron chi connectivity index (χ0n) is 14.1. The number of benzene rings is 1. The van der Waals surface area contributed by atoms with Gasteiger partial charge in [-0.25, -0.2) is 4.39 Å². The lowest BCUT2D eigenvalue weighted by molar-refractivity contribution is -0.116. The van der Waals surface area contributed by atoms with Crippen LogP contribution in [0, 0.1) is 11.7 Å². The average molecular weight is 360 g/mol. The van der Waals surface area contributed by atoms with E-state index in [9.17, 15) is 9.18 Å². The van der Waals surface area contributed by atoms with E-state index in [2.05, 4.69) is 5.32 Å². The number of nitrogens with one attached hydrogen (secondary N) is 1. The summed E-state index contributed by atoms with van der Waals surface area (Å²) in [5.74, 6) is -0.614. The SMILES string of the molecule is CC(C)CC(=O)Nc1cc(CC(=S)OC(C)(C)C)c(Cl)cc1F. The maximum atomic E-state index is 14.0. The summed E-state index contributed by atoms with van der Waals surface area (Å²) in [5.41, 5.74) is 0.313. The number of carbonyl (C=O) groups is 1. The van der Waals surface area contributed by atoms with E-state index in [-0.39, 0.29) is 29.0 Å². The number of rotatable bonds is 5. The predicted molar refractivity (Wildman–Crippen MR) is 96.6 cm³/mol. The second kappa shape index (κ2) is 8.06. The molecule has 0 saturated carbocycles. The van der Waals surface area contributed by atoms with Crippen LogP contribution in [0.1, 0.15) is 46.6 Å². The third kappa shape index (κ3) is 7.27. The highest BCUT2D eigenvalue weighted by atomic mass is 35.5. The molecule has 0 aliphatic carbocycles. The van der Waals surface area contributed by atoms with Gasteiger partial charge in [-0.1, -0.05) is 25.4 Å². The molecule has 3 nitrogen and oxygen atoms in total. The third-order valence-corrected chi connectivity index (χ3v) is 3.34. The van der Waals surface area contributed by atoms with Gasteiger partial charge < -0.3 is 10.1 Å². The van der Waals surface area contributed by atoms with Crippen molar-refractivity contribution < 1.29 is 13.9 Å². The van der Waals surface area contributed by atoms with E-state index >= 15 is 0 Å². The molecule has 0 radical (unpaired) electrons. The van der Waals surface area contributed by atoms with E-state index in [4.69, 9.17) is 28.6 Å². The van der Waals surface area contributed by atoms with Crippen LogP contribution >= 0.6 is 23.8 Å². The van der Waals surface area contributed by atoms with Gasteiger partial charge in [-0.3, -0.25) is 4.79 Å². The van der Waals surface area contributed by atoms with Gasteiger partial charge in [-0.15, -0.1) is 0 Å². The van der Waals surface area contributed by atoms with Gasteiger partial charge in [-0.2, -0.15) is 0 Å². The number of ether oxygens (including phenoxy) is 1. The number of halogens is 2. The largest absolute Gasteiger partial charge is 0.481 e. The van der Waals surface area contributed by atoms with E-state index in [1.807, 2.05) is 34.6 Å². The molecule has 0 atom stereocenters. The summed E-state index contributed by atoms with van der Waals surface area (Å²) in [6, 6.07) is 2.69. The Morgan fingerprint density at radius 1 is 1.39 bits per heavy atom. The van der Waals surface area contributed by atoms with Crippen molar-refractivity contribution in [2.24, 2.45) is 5.92 Å². The Balaban J connectivity index is 2.91. The van der Waals surface area contributed by atoms with Gasteiger partial charge in [0.1, 0.15) is 11.4 Å². The Hall–Kier alpha value is -1.20. The van der Waals surface area contributed by atoms with Gasteiger partial charge in [0, 0.05) is 17.9 Å². The van der Waals surface area contributed by atoms with E-state index in [1.165, 1.54) is 12.1 Å². The van der Waals surface area contributed by atoms with Crippen molar-refractivity contribution in [1.82, 2.24) is 0 Å². The molecule has 128 valence electrons. The fraction of sp³-hybridized carbons (Fsp3) is 0.529. The van der Waals surface area contributed by atoms with Crippen LogP contribution < -0.4 is 5.32 Å². The monoisotopic (exact) mass is 359 g/mol. The first-order valence-corrected chi connectivity index (χ1v) is 8.26. The molecule has 0 bridgehead atoms. The number of hydrogen-bond donors (Lipinski definition) is 1. The standard InChI is InChI=1S/C17H23ClFNO2S/c1-10(2)6-15(21)20-14-7-11(12(18)9-13(14)19)8-16(23)22-17(3,4)5/h7,9-10H,6,8H2,1-5H3,(H,20,21). The van der Waals surface area contributed by atoms with Gasteiger partial charge in [-0.05, 0) is 56.6 Å². The number of amides is 1. The molecule has 0 aliphatic rings. The van der Waals surface area contributed by atoms with Crippen molar-refractivity contribution >= 4 is 40.5 Å². The highest BCUT2D eigenvalue weighted by Gasteiger charge is 2.17. The Morgan fingerprint density at radius 3 is 2.52 bits per heavy atom. The molecule has 0 aromatic heterocycles. The molecular weight excluding hydrogens is 337 g/mol. The lowest BCUT2D eigenvalue weighted by Crippen LogP contribution is -2.24. The van der Waals surface area contributed by atoms with Crippen LogP contribution in [0.2, 0.25) is 5.02 Å². The van der Waals surface area contributed by atoms with Crippen LogP contribution in [-0.2, 0) is 16.0 Å². The minimum atomic E-state index is -0.571. The number of hydrogen-bond acceptors (Lipinski definition) is 3. The topological polar surface area (TPSA) is 38.3 Å². The van der Waals surface area contributed by atoms with E-state index < -0.39 is 11.4 Å². The molecule has 23 heavy (non-hydrogen) atoms. The molecule has 6 heteroatoms. The molecule has 0 unspecified atom stereocenters. The van der Waals surface area contributed by atoms with E-state index in [1.54, 1.807) is 0 Å². The van der Waals surface area contributed by atoms with Crippen molar-refractivity contribution in [2.45, 2.75) is 53.1 Å². The fourth-order valence-electron chi connectivity index (χ4n) is 1.93. The highest BCUT2D eigenvalue weighted by Crippen LogP contribution is 2.26. The van der Waals surface area contributed by atoms with Crippen LogP contribution in [0.4, 0.5) is 10.1 Å². The highest BCUT2D eigenvalue weighted by molar-refractivity contribution is 7.80. The summed E-state index contributed by atoms with van der Waals surface area (Å²) in [7, 11) is 0. The van der Waals surface area contributed by atoms with Crippen LogP contribution in [0.25, 0.3) is 0 Å². The van der Waals surface area contributed by atoms with E-state index in [0.29, 0.717) is 17.0 Å². The zero-order chi connectivity index (χ0) is 17.8. The van der Waals surface area contributed by atoms with Gasteiger partial charge in [0.05, 0.1) is 5.69 Å². The van der Waals surface area contributed by atoms with Crippen LogP contribution in [0.15, 0.2) is 12.1 Å². The quantitative estimate of drug-likeness (QED) is 0.739. The Bertz CT molecular complexity index is 597. The predicted octanol–water partition coefficient (Wildman–Crippen LogP) is 5.15. The summed E-state index contributed by atoms with van der Waals surface area (Å²) in [4.78, 5) is 11.8. The first-order chi connectivity index (χ1) is 10.5. The molecule has 1 aromatic carbocycles. The second-order valence-corrected chi connectivity index (χ2v) is 7.70. The fourth-order valence-corrected chi connectivity index (χ4v) is 2.55. The van der Waals surface area contributed by atoms with Gasteiger partial charge in [0.2, 0.25) is 5.91 Å². The third-order valence-electron chi connectivity index (χ3n) is 2.76. The molecule has 1 amide bonds. The number of anilines is 1. The molecule has 1 aromatic rings. The number of carbonyl (C=O) groups excluding carboxylic acids is 1. The lowest BCUT2D eigenvalue weighted by atomic mass is 10.1. The van der Waals surface area contributed by atoms with Crippen molar-refractivity contribution in [3.8, 4) is 0 Å². The summed E-state index contributed by atoms with van der Waals surface area (Å²) in [6.45, 7) is 9.52. The summed E-state index contributed by atoms with van der Waals surface area (Å²) >= 11 is 11.3. The molecular formula is C17H23ClFNO2S. The van der Waals surface area contributed by atoms with Gasteiger partial charge in [0.15, 0.2) is 5.05 Å². The van der Waals surface area contributed by atoms with E-state index in [0.717, 1.165) is 0 Å². The van der Waals surface area contributed by atoms with Crippen LogP contribution in [0.5, 0.6) is 0 Å². The first-order valence-electron chi connectivity index (χ1n) is 7.47. The molecule has 1 N–H and O–H groups in total. The van der Waals surface area contributed by atoms with Crippen LogP contribution in [0.3, 0.4) is 0 Å². The molecule has 1 rings (SSSR count). The summed E-state index contributed by atoms with van der Waals surface area (Å²) < 4.78 is 19.6. The van der Waals surface area contributed by atoms with Crippen molar-refractivity contribution in [3.63, 3.8) is 0 Å². The molecule has 0 saturated heterocycles. The van der Waals surface area contributed by atoms with Gasteiger partial charge in [0.25, 0.3) is 0 Å².